The average Bonchev–Trinajstić information content (AvgIpc) is 3.09. The summed E-state index contributed by atoms with van der Waals surface area (Å²) in [4.78, 5) is 20.4. The number of nitrogens with one attached hydrogen (secondary N) is 2. The number of halogens is 1. The van der Waals surface area contributed by atoms with Crippen LogP contribution in [0.15, 0.2) is 36.5 Å². The van der Waals surface area contributed by atoms with E-state index in [0.717, 1.165) is 19.4 Å². The molecular weight excluding hydrogens is 299 g/mol. The Morgan fingerprint density at radius 2 is 2.22 bits per heavy atom. The fourth-order valence-corrected chi connectivity index (χ4v) is 2.33. The Balaban J connectivity index is 1.64. The minimum Gasteiger partial charge on any atom is -0.376 e. The van der Waals surface area contributed by atoms with Gasteiger partial charge in [-0.05, 0) is 31.0 Å². The van der Waals surface area contributed by atoms with Crippen LogP contribution in [-0.2, 0) is 4.74 Å². The highest BCUT2D eigenvalue weighted by molar-refractivity contribution is 6.03. The minimum absolute atomic E-state index is 0.116. The van der Waals surface area contributed by atoms with Crippen LogP contribution < -0.4 is 10.6 Å². The molecule has 23 heavy (non-hydrogen) atoms. The van der Waals surface area contributed by atoms with Crippen LogP contribution >= 0.6 is 0 Å². The number of hydrogen-bond donors (Lipinski definition) is 2. The van der Waals surface area contributed by atoms with E-state index in [0.29, 0.717) is 12.5 Å². The predicted octanol–water partition coefficient (Wildman–Crippen LogP) is 2.46. The van der Waals surface area contributed by atoms with Crippen molar-refractivity contribution < 1.29 is 13.9 Å². The molecule has 7 heteroatoms. The lowest BCUT2D eigenvalue weighted by Gasteiger charge is -2.11. The van der Waals surface area contributed by atoms with Crippen LogP contribution in [-0.4, -0.2) is 35.1 Å². The predicted molar refractivity (Wildman–Crippen MR) is 83.8 cm³/mol. The molecule has 0 aliphatic carbocycles. The molecule has 2 heterocycles. The summed E-state index contributed by atoms with van der Waals surface area (Å²) in [6.07, 6.45) is 3.69. The molecule has 0 saturated carbocycles. The van der Waals surface area contributed by atoms with Crippen LogP contribution in [0, 0.1) is 5.82 Å². The molecule has 1 aromatic carbocycles. The lowest BCUT2D eigenvalue weighted by Crippen LogP contribution is -2.21. The molecule has 0 bridgehead atoms. The van der Waals surface area contributed by atoms with Gasteiger partial charge in [-0.1, -0.05) is 12.1 Å². The Labute approximate surface area is 133 Å². The topological polar surface area (TPSA) is 76.1 Å². The van der Waals surface area contributed by atoms with E-state index < -0.39 is 11.7 Å². The number of aromatic nitrogens is 2. The second kappa shape index (κ2) is 7.15. The molecule has 1 atom stereocenters. The fourth-order valence-electron chi connectivity index (χ4n) is 2.33. The standard InChI is InChI=1S/C16H17FN4O2/c17-12-5-1-2-6-13(12)20-15(22)14-7-8-18-16(21-14)19-10-11-4-3-9-23-11/h1-2,5-8,11H,3-4,9-10H2,(H,20,22)(H,18,19,21). The first-order valence-corrected chi connectivity index (χ1v) is 7.47. The number of carbonyl (C=O) groups is 1. The number of rotatable bonds is 5. The van der Waals surface area contributed by atoms with Crippen LogP contribution in [0.2, 0.25) is 0 Å². The largest absolute Gasteiger partial charge is 0.376 e. The molecule has 2 aromatic rings. The second-order valence-electron chi connectivity index (χ2n) is 5.22. The highest BCUT2D eigenvalue weighted by Crippen LogP contribution is 2.14. The van der Waals surface area contributed by atoms with Crippen LogP contribution in [0.4, 0.5) is 16.0 Å². The molecule has 6 nitrogen and oxygen atoms in total. The molecule has 1 amide bonds. The maximum atomic E-state index is 13.6. The number of benzene rings is 1. The van der Waals surface area contributed by atoms with Gasteiger partial charge in [-0.2, -0.15) is 0 Å². The number of nitrogens with zero attached hydrogens (tertiary/aromatic N) is 2. The van der Waals surface area contributed by atoms with E-state index in [-0.39, 0.29) is 17.5 Å². The summed E-state index contributed by atoms with van der Waals surface area (Å²) in [7, 11) is 0. The van der Waals surface area contributed by atoms with E-state index in [1.165, 1.54) is 24.4 Å². The van der Waals surface area contributed by atoms with Gasteiger partial charge in [0.1, 0.15) is 11.5 Å². The molecular formula is C16H17FN4O2. The summed E-state index contributed by atoms with van der Waals surface area (Å²) in [6.45, 7) is 1.37. The van der Waals surface area contributed by atoms with Crippen LogP contribution in [0.5, 0.6) is 0 Å². The number of anilines is 2. The van der Waals surface area contributed by atoms with Gasteiger partial charge in [0, 0.05) is 19.3 Å². The third-order valence-electron chi connectivity index (χ3n) is 3.52. The number of hydrogen-bond acceptors (Lipinski definition) is 5. The SMILES string of the molecule is O=C(Nc1ccccc1F)c1ccnc(NCC2CCCO2)n1. The molecule has 1 saturated heterocycles. The van der Waals surface area contributed by atoms with Gasteiger partial charge in [-0.15, -0.1) is 0 Å². The van der Waals surface area contributed by atoms with Crippen molar-refractivity contribution >= 4 is 17.5 Å². The summed E-state index contributed by atoms with van der Waals surface area (Å²) < 4.78 is 19.1. The van der Waals surface area contributed by atoms with Gasteiger partial charge in [-0.25, -0.2) is 14.4 Å². The lowest BCUT2D eigenvalue weighted by atomic mass is 10.2. The van der Waals surface area contributed by atoms with Crippen LogP contribution in [0.3, 0.4) is 0 Å². The van der Waals surface area contributed by atoms with E-state index in [2.05, 4.69) is 20.6 Å². The van der Waals surface area contributed by atoms with Crippen molar-refractivity contribution in [1.82, 2.24) is 9.97 Å². The first-order valence-electron chi connectivity index (χ1n) is 7.47. The summed E-state index contributed by atoms with van der Waals surface area (Å²) in [6, 6.07) is 7.46. The smallest absolute Gasteiger partial charge is 0.274 e. The van der Waals surface area contributed by atoms with Crippen LogP contribution in [0.1, 0.15) is 23.3 Å². The average molecular weight is 316 g/mol. The molecule has 1 aliphatic heterocycles. The molecule has 0 radical (unpaired) electrons. The Morgan fingerprint density at radius 1 is 1.35 bits per heavy atom. The van der Waals surface area contributed by atoms with Crippen molar-refractivity contribution in [1.29, 1.82) is 0 Å². The minimum atomic E-state index is -0.494. The Kier molecular flexibility index (Phi) is 4.77. The first kappa shape index (κ1) is 15.4. The molecule has 1 aromatic heterocycles. The third-order valence-corrected chi connectivity index (χ3v) is 3.52. The monoisotopic (exact) mass is 316 g/mol. The number of para-hydroxylation sites is 1. The number of amides is 1. The number of ether oxygens (including phenoxy) is 1. The van der Waals surface area contributed by atoms with Gasteiger partial charge in [0.2, 0.25) is 5.95 Å². The fraction of sp³-hybridized carbons (Fsp3) is 0.312. The van der Waals surface area contributed by atoms with E-state index in [9.17, 15) is 9.18 Å². The molecule has 0 spiro atoms. The van der Waals surface area contributed by atoms with Crippen molar-refractivity contribution in [3.63, 3.8) is 0 Å². The molecule has 1 aliphatic rings. The molecule has 1 unspecified atom stereocenters. The normalized spacial score (nSPS) is 17.0. The first-order chi connectivity index (χ1) is 11.2. The van der Waals surface area contributed by atoms with Crippen molar-refractivity contribution in [3.8, 4) is 0 Å². The quantitative estimate of drug-likeness (QED) is 0.886. The summed E-state index contributed by atoms with van der Waals surface area (Å²) in [5, 5.41) is 5.55. The maximum absolute atomic E-state index is 13.6. The lowest BCUT2D eigenvalue weighted by molar-refractivity contribution is 0.102. The van der Waals surface area contributed by atoms with Gasteiger partial charge in [0.05, 0.1) is 11.8 Å². The van der Waals surface area contributed by atoms with E-state index in [1.807, 2.05) is 0 Å². The zero-order valence-electron chi connectivity index (χ0n) is 12.5. The molecule has 120 valence electrons. The summed E-state index contributed by atoms with van der Waals surface area (Å²) >= 11 is 0. The second-order valence-corrected chi connectivity index (χ2v) is 5.22. The zero-order valence-corrected chi connectivity index (χ0v) is 12.5. The van der Waals surface area contributed by atoms with Crippen molar-refractivity contribution in [2.45, 2.75) is 18.9 Å². The van der Waals surface area contributed by atoms with Crippen molar-refractivity contribution in [2.75, 3.05) is 23.8 Å². The van der Waals surface area contributed by atoms with E-state index >= 15 is 0 Å². The Hall–Kier alpha value is -2.54. The van der Waals surface area contributed by atoms with Gasteiger partial charge in [-0.3, -0.25) is 4.79 Å². The van der Waals surface area contributed by atoms with Gasteiger partial charge < -0.3 is 15.4 Å². The maximum Gasteiger partial charge on any atom is 0.274 e. The van der Waals surface area contributed by atoms with Crippen molar-refractivity contribution in [3.05, 3.63) is 48.0 Å². The molecule has 1 fully saturated rings. The highest BCUT2D eigenvalue weighted by Gasteiger charge is 2.16. The molecule has 2 N–H and O–H groups in total. The Bertz CT molecular complexity index is 689. The van der Waals surface area contributed by atoms with E-state index in [4.69, 9.17) is 4.74 Å². The van der Waals surface area contributed by atoms with Gasteiger partial charge in [0.15, 0.2) is 0 Å². The third kappa shape index (κ3) is 4.01. The van der Waals surface area contributed by atoms with Gasteiger partial charge in [0.25, 0.3) is 5.91 Å². The molecule has 3 rings (SSSR count). The summed E-state index contributed by atoms with van der Waals surface area (Å²) in [5.74, 6) is -0.633. The van der Waals surface area contributed by atoms with Gasteiger partial charge >= 0.3 is 0 Å². The van der Waals surface area contributed by atoms with Crippen LogP contribution in [0.25, 0.3) is 0 Å². The summed E-state index contributed by atoms with van der Waals surface area (Å²) in [5.41, 5.74) is 0.281. The highest BCUT2D eigenvalue weighted by atomic mass is 19.1. The van der Waals surface area contributed by atoms with Crippen molar-refractivity contribution in [2.24, 2.45) is 0 Å². The van der Waals surface area contributed by atoms with E-state index in [1.54, 1.807) is 12.1 Å². The Morgan fingerprint density at radius 3 is 3.00 bits per heavy atom. The number of carbonyl (C=O) groups excluding carboxylic acids is 1. The zero-order chi connectivity index (χ0) is 16.1.